The fourth-order valence-corrected chi connectivity index (χ4v) is 1.50. The first-order valence-electron chi connectivity index (χ1n) is 4.16. The Morgan fingerprint density at radius 2 is 2.17 bits per heavy atom. The average Bonchev–Trinajstić information content (AvgIpc) is 2.07. The van der Waals surface area contributed by atoms with Gasteiger partial charge in [-0.3, -0.25) is 4.79 Å². The highest BCUT2D eigenvalue weighted by Crippen LogP contribution is 2.24. The van der Waals surface area contributed by atoms with Gasteiger partial charge >= 0.3 is 0 Å². The van der Waals surface area contributed by atoms with Gasteiger partial charge in [0.15, 0.2) is 0 Å². The molecule has 1 N–H and O–H groups in total. The Morgan fingerprint density at radius 3 is 3.00 bits per heavy atom. The van der Waals surface area contributed by atoms with E-state index in [1.807, 2.05) is 25.1 Å². The lowest BCUT2D eigenvalue weighted by atomic mass is 9.95. The third kappa shape index (κ3) is 1.09. The molecule has 0 fully saturated rings. The van der Waals surface area contributed by atoms with Gasteiger partial charge in [-0.1, -0.05) is 25.1 Å². The van der Waals surface area contributed by atoms with Crippen LogP contribution in [0.5, 0.6) is 0 Å². The molecule has 1 atom stereocenters. The molecule has 1 aromatic rings. The second kappa shape index (κ2) is 2.63. The normalized spacial score (nSPS) is 21.4. The van der Waals surface area contributed by atoms with Crippen LogP contribution in [0.3, 0.4) is 0 Å². The number of rotatable bonds is 0. The van der Waals surface area contributed by atoms with Crippen LogP contribution >= 0.6 is 0 Å². The van der Waals surface area contributed by atoms with E-state index in [9.17, 15) is 4.79 Å². The lowest BCUT2D eigenvalue weighted by Gasteiger charge is -2.21. The molecule has 0 unspecified atom stereocenters. The second-order valence-electron chi connectivity index (χ2n) is 3.25. The minimum atomic E-state index is 0.111. The third-order valence-corrected chi connectivity index (χ3v) is 2.25. The van der Waals surface area contributed by atoms with E-state index in [1.54, 1.807) is 0 Å². The van der Waals surface area contributed by atoms with E-state index in [0.29, 0.717) is 0 Å². The van der Waals surface area contributed by atoms with Gasteiger partial charge in [-0.05, 0) is 18.1 Å². The van der Waals surface area contributed by atoms with Gasteiger partial charge < -0.3 is 5.32 Å². The summed E-state index contributed by atoms with van der Waals surface area (Å²) >= 11 is 0. The van der Waals surface area contributed by atoms with Crippen LogP contribution in [0.15, 0.2) is 24.3 Å². The number of hydrogen-bond donors (Lipinski definition) is 1. The number of amides is 1. The highest BCUT2D eigenvalue weighted by molar-refractivity contribution is 5.95. The van der Waals surface area contributed by atoms with Crippen molar-refractivity contribution in [2.45, 2.75) is 13.3 Å². The van der Waals surface area contributed by atoms with Crippen molar-refractivity contribution in [2.75, 3.05) is 5.32 Å². The molecule has 0 spiro atoms. The molecule has 12 heavy (non-hydrogen) atoms. The molecule has 1 amide bonds. The highest BCUT2D eigenvalue weighted by atomic mass is 16.1. The molecule has 1 aromatic carbocycles. The summed E-state index contributed by atoms with van der Waals surface area (Å²) in [6.45, 7) is 1.95. The van der Waals surface area contributed by atoms with Crippen LogP contribution in [0, 0.1) is 5.92 Å². The molecule has 0 saturated heterocycles. The van der Waals surface area contributed by atoms with Gasteiger partial charge in [0.1, 0.15) is 0 Å². The maximum Gasteiger partial charge on any atom is 0.227 e. The molecule has 1 heterocycles. The average molecular weight is 161 g/mol. The molecule has 2 rings (SSSR count). The predicted octanol–water partition coefficient (Wildman–Crippen LogP) is 1.82. The summed E-state index contributed by atoms with van der Waals surface area (Å²) in [7, 11) is 0. The maximum atomic E-state index is 11.2. The summed E-state index contributed by atoms with van der Waals surface area (Å²) in [5.41, 5.74) is 2.21. The summed E-state index contributed by atoms with van der Waals surface area (Å²) in [4.78, 5) is 11.2. The van der Waals surface area contributed by atoms with E-state index < -0.39 is 0 Å². The SMILES string of the molecule is C[C@H]1Cc2ccccc2NC1=O. The van der Waals surface area contributed by atoms with Crippen LogP contribution in [0.2, 0.25) is 0 Å². The Kier molecular flexibility index (Phi) is 1.61. The van der Waals surface area contributed by atoms with Crippen molar-refractivity contribution >= 4 is 11.6 Å². The molecular weight excluding hydrogens is 150 g/mol. The Morgan fingerprint density at radius 1 is 1.42 bits per heavy atom. The maximum absolute atomic E-state index is 11.2. The molecule has 0 radical (unpaired) electrons. The van der Waals surface area contributed by atoms with Crippen LogP contribution in [0.1, 0.15) is 12.5 Å². The molecule has 2 nitrogen and oxygen atoms in total. The summed E-state index contributed by atoms with van der Waals surface area (Å²) < 4.78 is 0. The van der Waals surface area contributed by atoms with E-state index in [0.717, 1.165) is 12.1 Å². The molecular formula is C10H11NO. The van der Waals surface area contributed by atoms with Gasteiger partial charge in [0.05, 0.1) is 0 Å². The van der Waals surface area contributed by atoms with Gasteiger partial charge in [0.2, 0.25) is 5.91 Å². The first-order valence-corrected chi connectivity index (χ1v) is 4.16. The Balaban J connectivity index is 2.40. The van der Waals surface area contributed by atoms with Crippen molar-refractivity contribution in [3.8, 4) is 0 Å². The zero-order valence-electron chi connectivity index (χ0n) is 7.00. The zero-order valence-corrected chi connectivity index (χ0v) is 7.00. The number of benzene rings is 1. The topological polar surface area (TPSA) is 29.1 Å². The van der Waals surface area contributed by atoms with E-state index >= 15 is 0 Å². The van der Waals surface area contributed by atoms with Gasteiger partial charge in [-0.25, -0.2) is 0 Å². The van der Waals surface area contributed by atoms with Crippen molar-refractivity contribution < 1.29 is 4.79 Å². The minimum Gasteiger partial charge on any atom is -0.326 e. The fraction of sp³-hybridized carbons (Fsp3) is 0.300. The summed E-state index contributed by atoms with van der Waals surface area (Å²) in [5.74, 6) is 0.244. The van der Waals surface area contributed by atoms with Crippen LogP contribution in [0.4, 0.5) is 5.69 Å². The Labute approximate surface area is 71.6 Å². The van der Waals surface area contributed by atoms with E-state index in [4.69, 9.17) is 0 Å². The molecule has 1 aliphatic rings. The second-order valence-corrected chi connectivity index (χ2v) is 3.25. The fourth-order valence-electron chi connectivity index (χ4n) is 1.50. The summed E-state index contributed by atoms with van der Waals surface area (Å²) in [5, 5.41) is 2.87. The van der Waals surface area contributed by atoms with Crippen LogP contribution < -0.4 is 5.32 Å². The smallest absolute Gasteiger partial charge is 0.227 e. The lowest BCUT2D eigenvalue weighted by Crippen LogP contribution is -2.27. The number of anilines is 1. The Bertz CT molecular complexity index is 319. The molecule has 0 saturated carbocycles. The number of carbonyl (C=O) groups is 1. The van der Waals surface area contributed by atoms with Crippen molar-refractivity contribution in [1.82, 2.24) is 0 Å². The quantitative estimate of drug-likeness (QED) is 0.617. The lowest BCUT2D eigenvalue weighted by molar-refractivity contribution is -0.119. The monoisotopic (exact) mass is 161 g/mol. The van der Waals surface area contributed by atoms with Crippen molar-refractivity contribution in [3.63, 3.8) is 0 Å². The van der Waals surface area contributed by atoms with Gasteiger partial charge in [0, 0.05) is 11.6 Å². The van der Waals surface area contributed by atoms with Crippen molar-refractivity contribution in [1.29, 1.82) is 0 Å². The Hall–Kier alpha value is -1.31. The summed E-state index contributed by atoms with van der Waals surface area (Å²) in [6, 6.07) is 7.95. The number of fused-ring (bicyclic) bond motifs is 1. The zero-order chi connectivity index (χ0) is 8.55. The van der Waals surface area contributed by atoms with Gasteiger partial charge in [-0.2, -0.15) is 0 Å². The van der Waals surface area contributed by atoms with E-state index in [2.05, 4.69) is 11.4 Å². The van der Waals surface area contributed by atoms with Gasteiger partial charge in [0.25, 0.3) is 0 Å². The molecule has 0 aliphatic carbocycles. The predicted molar refractivity (Wildman–Crippen MR) is 47.9 cm³/mol. The first kappa shape index (κ1) is 7.35. The molecule has 2 heteroatoms. The van der Waals surface area contributed by atoms with Crippen molar-refractivity contribution in [2.24, 2.45) is 5.92 Å². The molecule has 0 bridgehead atoms. The first-order chi connectivity index (χ1) is 5.77. The standard InChI is InChI=1S/C10H11NO/c1-7-6-8-4-2-3-5-9(8)11-10(7)12/h2-5,7H,6H2,1H3,(H,11,12)/t7-/m0/s1. The minimum absolute atomic E-state index is 0.111. The van der Waals surface area contributed by atoms with Crippen LogP contribution in [-0.4, -0.2) is 5.91 Å². The van der Waals surface area contributed by atoms with Crippen LogP contribution in [-0.2, 0) is 11.2 Å². The number of nitrogens with one attached hydrogen (secondary N) is 1. The largest absolute Gasteiger partial charge is 0.326 e. The van der Waals surface area contributed by atoms with Gasteiger partial charge in [-0.15, -0.1) is 0 Å². The van der Waals surface area contributed by atoms with E-state index in [1.165, 1.54) is 5.56 Å². The van der Waals surface area contributed by atoms with E-state index in [-0.39, 0.29) is 11.8 Å². The molecule has 62 valence electrons. The highest BCUT2D eigenvalue weighted by Gasteiger charge is 2.20. The number of carbonyl (C=O) groups excluding carboxylic acids is 1. The summed E-state index contributed by atoms with van der Waals surface area (Å²) in [6.07, 6.45) is 0.863. The molecule has 0 aromatic heterocycles. The van der Waals surface area contributed by atoms with Crippen LogP contribution in [0.25, 0.3) is 0 Å². The number of para-hydroxylation sites is 1. The van der Waals surface area contributed by atoms with Crippen molar-refractivity contribution in [3.05, 3.63) is 29.8 Å². The number of hydrogen-bond acceptors (Lipinski definition) is 1. The molecule has 1 aliphatic heterocycles. The third-order valence-electron chi connectivity index (χ3n) is 2.25.